The van der Waals surface area contributed by atoms with Gasteiger partial charge in [-0.25, -0.2) is 0 Å². The first-order valence-corrected chi connectivity index (χ1v) is 8.78. The molecule has 0 heterocycles. The number of unbranched alkanes of at least 4 members (excludes halogenated alkanes) is 4. The first-order chi connectivity index (χ1) is 11.1. The number of hydrogen-bond acceptors (Lipinski definition) is 4. The number of phenolic OH excluding ortho intramolecular Hbond substituents is 1. The second kappa shape index (κ2) is 11.3. The number of aliphatic hydroxyl groups excluding tert-OH is 2. The van der Waals surface area contributed by atoms with Crippen molar-refractivity contribution >= 4 is 0 Å². The standard InChI is InChI=1S/C19H32O4/c1-3-4-5-6-7-8-16(20)14-17(21)11-9-15-10-12-18(22)19(13-15)23-2/h10,12-13,16-17,20-22H,3-9,11,14H2,1-2H3. The van der Waals surface area contributed by atoms with E-state index >= 15 is 0 Å². The first-order valence-electron chi connectivity index (χ1n) is 8.78. The molecule has 0 saturated heterocycles. The number of aromatic hydroxyl groups is 1. The number of rotatable bonds is 12. The maximum Gasteiger partial charge on any atom is 0.160 e. The van der Waals surface area contributed by atoms with Gasteiger partial charge >= 0.3 is 0 Å². The van der Waals surface area contributed by atoms with Gasteiger partial charge < -0.3 is 20.1 Å². The Morgan fingerprint density at radius 1 is 1.00 bits per heavy atom. The average molecular weight is 324 g/mol. The predicted octanol–water partition coefficient (Wildman–Crippen LogP) is 3.81. The molecule has 0 radical (unpaired) electrons. The van der Waals surface area contributed by atoms with Gasteiger partial charge in [0.2, 0.25) is 0 Å². The van der Waals surface area contributed by atoms with Crippen molar-refractivity contribution in [2.45, 2.75) is 76.9 Å². The third kappa shape index (κ3) is 8.24. The van der Waals surface area contributed by atoms with Crippen LogP contribution in [0.3, 0.4) is 0 Å². The van der Waals surface area contributed by atoms with Gasteiger partial charge in [-0.3, -0.25) is 0 Å². The maximum atomic E-state index is 10.1. The van der Waals surface area contributed by atoms with E-state index in [9.17, 15) is 15.3 Å². The summed E-state index contributed by atoms with van der Waals surface area (Å²) in [5.41, 5.74) is 1.01. The minimum absolute atomic E-state index is 0.121. The monoisotopic (exact) mass is 324 g/mol. The van der Waals surface area contributed by atoms with Crippen LogP contribution in [-0.4, -0.2) is 34.6 Å². The van der Waals surface area contributed by atoms with E-state index in [1.165, 1.54) is 26.4 Å². The molecule has 0 fully saturated rings. The highest BCUT2D eigenvalue weighted by molar-refractivity contribution is 5.41. The topological polar surface area (TPSA) is 69.9 Å². The molecule has 132 valence electrons. The second-order valence-electron chi connectivity index (χ2n) is 6.29. The molecule has 4 nitrogen and oxygen atoms in total. The van der Waals surface area contributed by atoms with Crippen molar-refractivity contribution in [2.24, 2.45) is 0 Å². The lowest BCUT2D eigenvalue weighted by Gasteiger charge is -2.16. The molecule has 0 amide bonds. The minimum Gasteiger partial charge on any atom is -0.504 e. The van der Waals surface area contributed by atoms with Gasteiger partial charge in [0, 0.05) is 0 Å². The number of phenols is 1. The lowest BCUT2D eigenvalue weighted by molar-refractivity contribution is 0.0697. The molecule has 0 bridgehead atoms. The van der Waals surface area contributed by atoms with Gasteiger partial charge in [0.15, 0.2) is 11.5 Å². The smallest absolute Gasteiger partial charge is 0.160 e. The average Bonchev–Trinajstić information content (AvgIpc) is 2.54. The zero-order valence-corrected chi connectivity index (χ0v) is 14.5. The molecule has 0 saturated carbocycles. The van der Waals surface area contributed by atoms with E-state index in [0.717, 1.165) is 24.8 Å². The summed E-state index contributed by atoms with van der Waals surface area (Å²) >= 11 is 0. The minimum atomic E-state index is -0.500. The van der Waals surface area contributed by atoms with E-state index in [-0.39, 0.29) is 5.75 Å². The van der Waals surface area contributed by atoms with E-state index in [1.807, 2.05) is 6.07 Å². The fraction of sp³-hybridized carbons (Fsp3) is 0.684. The lowest BCUT2D eigenvalue weighted by atomic mass is 9.99. The Kier molecular flexibility index (Phi) is 9.72. The van der Waals surface area contributed by atoms with Crippen LogP contribution in [-0.2, 0) is 6.42 Å². The molecular weight excluding hydrogens is 292 g/mol. The molecule has 1 aromatic rings. The third-order valence-electron chi connectivity index (χ3n) is 4.20. The Labute approximate surface area is 140 Å². The summed E-state index contributed by atoms with van der Waals surface area (Å²) in [6.45, 7) is 2.19. The number of hydrogen-bond donors (Lipinski definition) is 3. The maximum absolute atomic E-state index is 10.1. The molecule has 0 aliphatic rings. The molecule has 0 aliphatic carbocycles. The fourth-order valence-electron chi connectivity index (χ4n) is 2.74. The zero-order chi connectivity index (χ0) is 17.1. The quantitative estimate of drug-likeness (QED) is 0.511. The molecule has 1 rings (SSSR count). The van der Waals surface area contributed by atoms with Crippen LogP contribution in [0.5, 0.6) is 11.5 Å². The molecule has 1 aromatic carbocycles. The van der Waals surface area contributed by atoms with Crippen LogP contribution in [0, 0.1) is 0 Å². The van der Waals surface area contributed by atoms with Crippen molar-refractivity contribution in [1.82, 2.24) is 0 Å². The van der Waals surface area contributed by atoms with E-state index in [1.54, 1.807) is 12.1 Å². The Morgan fingerprint density at radius 2 is 1.70 bits per heavy atom. The lowest BCUT2D eigenvalue weighted by Crippen LogP contribution is -2.18. The normalized spacial score (nSPS) is 13.7. The van der Waals surface area contributed by atoms with Crippen molar-refractivity contribution in [3.8, 4) is 11.5 Å². The van der Waals surface area contributed by atoms with Gasteiger partial charge in [-0.05, 0) is 43.4 Å². The van der Waals surface area contributed by atoms with Gasteiger partial charge in [0.25, 0.3) is 0 Å². The van der Waals surface area contributed by atoms with Crippen LogP contribution in [0.1, 0.15) is 63.9 Å². The van der Waals surface area contributed by atoms with Crippen LogP contribution in [0.15, 0.2) is 18.2 Å². The highest BCUT2D eigenvalue weighted by atomic mass is 16.5. The van der Waals surface area contributed by atoms with E-state index in [2.05, 4.69) is 6.92 Å². The highest BCUT2D eigenvalue weighted by Crippen LogP contribution is 2.27. The molecule has 0 aliphatic heterocycles. The summed E-state index contributed by atoms with van der Waals surface area (Å²) in [6, 6.07) is 5.21. The molecule has 2 unspecified atom stereocenters. The van der Waals surface area contributed by atoms with E-state index < -0.39 is 12.2 Å². The number of methoxy groups -OCH3 is 1. The molecular formula is C19H32O4. The largest absolute Gasteiger partial charge is 0.504 e. The number of benzene rings is 1. The summed E-state index contributed by atoms with van der Waals surface area (Å²) in [5.74, 6) is 0.569. The Balaban J connectivity index is 2.24. The van der Waals surface area contributed by atoms with Gasteiger partial charge in [-0.2, -0.15) is 0 Å². The summed E-state index contributed by atoms with van der Waals surface area (Å²) in [6.07, 6.45) is 7.49. The summed E-state index contributed by atoms with van der Waals surface area (Å²) in [4.78, 5) is 0. The van der Waals surface area contributed by atoms with Crippen molar-refractivity contribution in [1.29, 1.82) is 0 Å². The van der Waals surface area contributed by atoms with Gasteiger partial charge in [0.05, 0.1) is 19.3 Å². The van der Waals surface area contributed by atoms with Crippen molar-refractivity contribution in [2.75, 3.05) is 7.11 Å². The molecule has 0 aromatic heterocycles. The summed E-state index contributed by atoms with van der Waals surface area (Å²) in [7, 11) is 1.52. The van der Waals surface area contributed by atoms with Crippen LogP contribution in [0.25, 0.3) is 0 Å². The Hall–Kier alpha value is -1.26. The summed E-state index contributed by atoms with van der Waals surface area (Å²) < 4.78 is 5.08. The van der Waals surface area contributed by atoms with Crippen LogP contribution in [0.2, 0.25) is 0 Å². The number of aliphatic hydroxyl groups is 2. The van der Waals surface area contributed by atoms with Crippen LogP contribution >= 0.6 is 0 Å². The molecule has 4 heteroatoms. The predicted molar refractivity (Wildman–Crippen MR) is 93.0 cm³/mol. The fourth-order valence-corrected chi connectivity index (χ4v) is 2.74. The van der Waals surface area contributed by atoms with Gasteiger partial charge in [0.1, 0.15) is 0 Å². The second-order valence-corrected chi connectivity index (χ2v) is 6.29. The third-order valence-corrected chi connectivity index (χ3v) is 4.20. The van der Waals surface area contributed by atoms with Crippen molar-refractivity contribution in [3.05, 3.63) is 23.8 Å². The van der Waals surface area contributed by atoms with Crippen molar-refractivity contribution in [3.63, 3.8) is 0 Å². The Bertz CT molecular complexity index is 433. The summed E-state index contributed by atoms with van der Waals surface area (Å²) in [5, 5.41) is 29.6. The molecule has 2 atom stereocenters. The van der Waals surface area contributed by atoms with Crippen LogP contribution in [0.4, 0.5) is 0 Å². The first kappa shape index (κ1) is 19.8. The van der Waals surface area contributed by atoms with Crippen LogP contribution < -0.4 is 4.74 Å². The number of aryl methyl sites for hydroxylation is 1. The molecule has 3 N–H and O–H groups in total. The Morgan fingerprint density at radius 3 is 2.39 bits per heavy atom. The van der Waals surface area contributed by atoms with Gasteiger partial charge in [-0.15, -0.1) is 0 Å². The number of ether oxygens (including phenoxy) is 1. The van der Waals surface area contributed by atoms with E-state index in [4.69, 9.17) is 4.74 Å². The SMILES string of the molecule is CCCCCCCC(O)CC(O)CCc1ccc(O)c(OC)c1. The highest BCUT2D eigenvalue weighted by Gasteiger charge is 2.12. The zero-order valence-electron chi connectivity index (χ0n) is 14.5. The van der Waals surface area contributed by atoms with E-state index in [0.29, 0.717) is 25.0 Å². The van der Waals surface area contributed by atoms with Gasteiger partial charge in [-0.1, -0.05) is 45.1 Å². The molecule has 23 heavy (non-hydrogen) atoms. The van der Waals surface area contributed by atoms with Crippen molar-refractivity contribution < 1.29 is 20.1 Å². The molecule has 0 spiro atoms.